The van der Waals surface area contributed by atoms with Crippen LogP contribution >= 0.6 is 11.6 Å². The number of benzene rings is 4. The lowest BCUT2D eigenvalue weighted by atomic mass is 10.0. The Bertz CT molecular complexity index is 1290. The van der Waals surface area contributed by atoms with E-state index >= 15 is 0 Å². The Labute approximate surface area is 209 Å². The number of amides is 1. The fraction of sp³-hybridized carbons (Fsp3) is 0.103. The summed E-state index contributed by atoms with van der Waals surface area (Å²) in [5, 5.41) is 12.7. The van der Waals surface area contributed by atoms with Crippen LogP contribution in [0.25, 0.3) is 11.1 Å². The molecule has 0 aliphatic carbocycles. The van der Waals surface area contributed by atoms with Gasteiger partial charge in [0.15, 0.2) is 0 Å². The van der Waals surface area contributed by atoms with E-state index in [-0.39, 0.29) is 6.42 Å². The van der Waals surface area contributed by atoms with Crippen molar-refractivity contribution < 1.29 is 19.4 Å². The minimum atomic E-state index is -1.07. The molecule has 0 saturated heterocycles. The average molecular weight is 486 g/mol. The van der Waals surface area contributed by atoms with Gasteiger partial charge in [0.2, 0.25) is 0 Å². The molecule has 176 valence electrons. The highest BCUT2D eigenvalue weighted by molar-refractivity contribution is 6.33. The molecule has 1 amide bonds. The Morgan fingerprint density at radius 3 is 2.11 bits per heavy atom. The summed E-state index contributed by atoms with van der Waals surface area (Å²) in [5.74, 6) is -0.130. The molecule has 4 aromatic rings. The maximum absolute atomic E-state index is 12.9. The fourth-order valence-corrected chi connectivity index (χ4v) is 3.90. The zero-order valence-electron chi connectivity index (χ0n) is 18.9. The van der Waals surface area contributed by atoms with Gasteiger partial charge in [-0.05, 0) is 66.4 Å². The van der Waals surface area contributed by atoms with Crippen LogP contribution in [-0.2, 0) is 11.2 Å². The van der Waals surface area contributed by atoms with Crippen LogP contribution in [0, 0.1) is 0 Å². The van der Waals surface area contributed by atoms with Gasteiger partial charge < -0.3 is 15.2 Å². The van der Waals surface area contributed by atoms with Crippen molar-refractivity contribution in [1.29, 1.82) is 0 Å². The second kappa shape index (κ2) is 11.4. The van der Waals surface area contributed by atoms with Gasteiger partial charge in [-0.1, -0.05) is 72.3 Å². The van der Waals surface area contributed by atoms with Crippen LogP contribution in [0.15, 0.2) is 103 Å². The van der Waals surface area contributed by atoms with Gasteiger partial charge in [-0.25, -0.2) is 4.79 Å². The first-order valence-corrected chi connectivity index (χ1v) is 11.6. The molecule has 0 aromatic heterocycles. The Balaban J connectivity index is 1.46. The highest BCUT2D eigenvalue weighted by atomic mass is 35.5. The molecule has 35 heavy (non-hydrogen) atoms. The SMILES string of the molecule is O=C(NC(CCc1ccccc1)C(=O)O)c1ccc(Cl)c(-c2ccc(Oc3ccccc3)cc2)c1. The van der Waals surface area contributed by atoms with Crippen LogP contribution in [0.1, 0.15) is 22.3 Å². The first-order chi connectivity index (χ1) is 17.0. The van der Waals surface area contributed by atoms with Crippen LogP contribution in [0.5, 0.6) is 11.5 Å². The predicted molar refractivity (Wildman–Crippen MR) is 137 cm³/mol. The number of carboxylic acid groups (broad SMARTS) is 1. The molecule has 2 N–H and O–H groups in total. The number of hydrogen-bond donors (Lipinski definition) is 2. The molecule has 0 aliphatic heterocycles. The van der Waals surface area contributed by atoms with E-state index < -0.39 is 17.9 Å². The van der Waals surface area contributed by atoms with E-state index in [1.54, 1.807) is 18.2 Å². The third-order valence-electron chi connectivity index (χ3n) is 5.54. The van der Waals surface area contributed by atoms with Crippen molar-refractivity contribution >= 4 is 23.5 Å². The van der Waals surface area contributed by atoms with Gasteiger partial charge in [0.25, 0.3) is 5.91 Å². The van der Waals surface area contributed by atoms with Crippen LogP contribution in [0.4, 0.5) is 0 Å². The van der Waals surface area contributed by atoms with E-state index in [1.807, 2.05) is 84.9 Å². The van der Waals surface area contributed by atoms with Crippen LogP contribution in [0.3, 0.4) is 0 Å². The summed E-state index contributed by atoms with van der Waals surface area (Å²) in [7, 11) is 0. The van der Waals surface area contributed by atoms with E-state index in [0.29, 0.717) is 28.3 Å². The number of ether oxygens (including phenoxy) is 1. The molecule has 0 saturated carbocycles. The lowest BCUT2D eigenvalue weighted by Crippen LogP contribution is -2.41. The molecule has 0 bridgehead atoms. The Kier molecular flexibility index (Phi) is 7.81. The van der Waals surface area contributed by atoms with Crippen molar-refractivity contribution in [1.82, 2.24) is 5.32 Å². The number of halogens is 1. The normalized spacial score (nSPS) is 11.5. The Hall–Kier alpha value is -4.09. The summed E-state index contributed by atoms with van der Waals surface area (Å²) in [4.78, 5) is 24.6. The Morgan fingerprint density at radius 1 is 0.829 bits per heavy atom. The van der Waals surface area contributed by atoms with Crippen LogP contribution in [0.2, 0.25) is 5.02 Å². The van der Waals surface area contributed by atoms with Gasteiger partial charge in [0, 0.05) is 16.1 Å². The summed E-state index contributed by atoms with van der Waals surface area (Å²) in [6.07, 6.45) is 0.829. The molecule has 0 aliphatic rings. The average Bonchev–Trinajstić information content (AvgIpc) is 2.88. The minimum Gasteiger partial charge on any atom is -0.480 e. The van der Waals surface area contributed by atoms with Gasteiger partial charge in [0.1, 0.15) is 17.5 Å². The number of nitrogens with one attached hydrogen (secondary N) is 1. The Morgan fingerprint density at radius 2 is 1.46 bits per heavy atom. The first kappa shape index (κ1) is 24.0. The molecular formula is C29H24ClNO4. The summed E-state index contributed by atoms with van der Waals surface area (Å²) in [5.41, 5.74) is 2.83. The number of aliphatic carboxylic acids is 1. The number of carbonyl (C=O) groups is 2. The monoisotopic (exact) mass is 485 g/mol. The summed E-state index contributed by atoms with van der Waals surface area (Å²) in [6, 6.07) is 30.3. The first-order valence-electron chi connectivity index (χ1n) is 11.2. The smallest absolute Gasteiger partial charge is 0.326 e. The number of hydrogen-bond acceptors (Lipinski definition) is 3. The van der Waals surface area contributed by atoms with E-state index in [2.05, 4.69) is 5.32 Å². The lowest BCUT2D eigenvalue weighted by molar-refractivity contribution is -0.139. The van der Waals surface area contributed by atoms with Gasteiger partial charge in [-0.2, -0.15) is 0 Å². The quantitative estimate of drug-likeness (QED) is 0.279. The van der Waals surface area contributed by atoms with Crippen LogP contribution < -0.4 is 10.1 Å². The maximum Gasteiger partial charge on any atom is 0.326 e. The maximum atomic E-state index is 12.9. The molecule has 1 atom stereocenters. The molecule has 0 spiro atoms. The lowest BCUT2D eigenvalue weighted by Gasteiger charge is -2.15. The number of carboxylic acids is 1. The molecule has 0 radical (unpaired) electrons. The largest absolute Gasteiger partial charge is 0.480 e. The highest BCUT2D eigenvalue weighted by Gasteiger charge is 2.21. The molecular weight excluding hydrogens is 462 g/mol. The van der Waals surface area contributed by atoms with Gasteiger partial charge in [-0.15, -0.1) is 0 Å². The summed E-state index contributed by atoms with van der Waals surface area (Å²) < 4.78 is 5.83. The van der Waals surface area contributed by atoms with Gasteiger partial charge >= 0.3 is 5.97 Å². The summed E-state index contributed by atoms with van der Waals surface area (Å²) >= 11 is 6.42. The molecule has 1 unspecified atom stereocenters. The summed E-state index contributed by atoms with van der Waals surface area (Å²) in [6.45, 7) is 0. The third kappa shape index (κ3) is 6.49. The highest BCUT2D eigenvalue weighted by Crippen LogP contribution is 2.31. The minimum absolute atomic E-state index is 0.286. The topological polar surface area (TPSA) is 75.6 Å². The van der Waals surface area contributed by atoms with Gasteiger partial charge in [0.05, 0.1) is 0 Å². The predicted octanol–water partition coefficient (Wildman–Crippen LogP) is 6.62. The zero-order valence-corrected chi connectivity index (χ0v) is 19.6. The number of rotatable bonds is 9. The van der Waals surface area contributed by atoms with E-state index in [0.717, 1.165) is 16.9 Å². The number of aryl methyl sites for hydroxylation is 1. The number of carbonyl (C=O) groups excluding carboxylic acids is 1. The zero-order chi connectivity index (χ0) is 24.6. The van der Waals surface area contributed by atoms with E-state index in [4.69, 9.17) is 16.3 Å². The fourth-order valence-electron chi connectivity index (χ4n) is 3.67. The second-order valence-corrected chi connectivity index (χ2v) is 8.43. The standard InChI is InChI=1S/C29H24ClNO4/c30-26-17-14-22(28(32)31-27(29(33)34)18-11-20-7-3-1-4-8-20)19-25(26)21-12-15-24(16-13-21)35-23-9-5-2-6-10-23/h1-10,12-17,19,27H,11,18H2,(H,31,32)(H,33,34). The van der Waals surface area contributed by atoms with Crippen molar-refractivity contribution in [3.63, 3.8) is 0 Å². The molecule has 4 rings (SSSR count). The van der Waals surface area contributed by atoms with Crippen molar-refractivity contribution in [2.75, 3.05) is 0 Å². The van der Waals surface area contributed by atoms with Crippen molar-refractivity contribution in [3.05, 3.63) is 119 Å². The second-order valence-electron chi connectivity index (χ2n) is 8.02. The third-order valence-corrected chi connectivity index (χ3v) is 5.87. The van der Waals surface area contributed by atoms with E-state index in [9.17, 15) is 14.7 Å². The number of para-hydroxylation sites is 1. The molecule has 6 heteroatoms. The van der Waals surface area contributed by atoms with Crippen molar-refractivity contribution in [2.24, 2.45) is 0 Å². The van der Waals surface area contributed by atoms with Gasteiger partial charge in [-0.3, -0.25) is 4.79 Å². The molecule has 0 heterocycles. The van der Waals surface area contributed by atoms with Crippen molar-refractivity contribution in [2.45, 2.75) is 18.9 Å². The van der Waals surface area contributed by atoms with E-state index in [1.165, 1.54) is 0 Å². The van der Waals surface area contributed by atoms with Crippen LogP contribution in [-0.4, -0.2) is 23.0 Å². The molecule has 5 nitrogen and oxygen atoms in total. The molecule has 4 aromatic carbocycles. The molecule has 0 fully saturated rings. The van der Waals surface area contributed by atoms with Crippen molar-refractivity contribution in [3.8, 4) is 22.6 Å².